The van der Waals surface area contributed by atoms with Crippen LogP contribution in [-0.4, -0.2) is 42.2 Å². The molecule has 1 aliphatic heterocycles. The van der Waals surface area contributed by atoms with Crippen LogP contribution in [0.2, 0.25) is 0 Å². The minimum atomic E-state index is -0.0318. The van der Waals surface area contributed by atoms with Crippen molar-refractivity contribution >= 4 is 5.91 Å². The monoisotopic (exact) mass is 261 g/mol. The fourth-order valence-electron chi connectivity index (χ4n) is 2.25. The first-order valence-electron chi connectivity index (χ1n) is 6.49. The first kappa shape index (κ1) is 13.6. The van der Waals surface area contributed by atoms with Gasteiger partial charge >= 0.3 is 0 Å². The lowest BCUT2D eigenvalue weighted by Gasteiger charge is -2.18. The zero-order valence-electron chi connectivity index (χ0n) is 10.9. The van der Waals surface area contributed by atoms with Crippen LogP contribution in [0.25, 0.3) is 0 Å². The minimum Gasteiger partial charge on any atom is -0.489 e. The standard InChI is InChI=1S/C15H19NO3/c1-2-9-19-14-6-4-3-5-13(14)15(18)16-8-7-12(10-16)11-17/h2-6,12,17H,1,7-11H2/t12-/m1/s1. The van der Waals surface area contributed by atoms with Gasteiger partial charge in [0.05, 0.1) is 5.56 Å². The SMILES string of the molecule is C=CCOc1ccccc1C(=O)N1CC[C@@H](CO)C1. The van der Waals surface area contributed by atoms with E-state index in [4.69, 9.17) is 9.84 Å². The second-order valence-electron chi connectivity index (χ2n) is 4.68. The van der Waals surface area contributed by atoms with Crippen molar-refractivity contribution in [2.24, 2.45) is 5.92 Å². The Labute approximate surface area is 113 Å². The molecular weight excluding hydrogens is 242 g/mol. The number of ether oxygens (including phenoxy) is 1. The Balaban J connectivity index is 2.12. The quantitative estimate of drug-likeness (QED) is 0.821. The third-order valence-electron chi connectivity index (χ3n) is 3.31. The van der Waals surface area contributed by atoms with Crippen molar-refractivity contribution in [2.75, 3.05) is 26.3 Å². The van der Waals surface area contributed by atoms with Gasteiger partial charge in [0.1, 0.15) is 12.4 Å². The third-order valence-corrected chi connectivity index (χ3v) is 3.31. The Morgan fingerprint density at radius 1 is 1.53 bits per heavy atom. The second kappa shape index (κ2) is 6.38. The van der Waals surface area contributed by atoms with Gasteiger partial charge in [-0.2, -0.15) is 0 Å². The van der Waals surface area contributed by atoms with Gasteiger partial charge in [0.2, 0.25) is 0 Å². The van der Waals surface area contributed by atoms with E-state index in [9.17, 15) is 4.79 Å². The van der Waals surface area contributed by atoms with E-state index in [1.165, 1.54) is 0 Å². The number of likely N-dealkylation sites (tertiary alicyclic amines) is 1. The zero-order chi connectivity index (χ0) is 13.7. The Kier molecular flexibility index (Phi) is 4.58. The molecule has 0 aromatic heterocycles. The topological polar surface area (TPSA) is 49.8 Å². The predicted molar refractivity (Wildman–Crippen MR) is 73.2 cm³/mol. The van der Waals surface area contributed by atoms with Gasteiger partial charge < -0.3 is 14.7 Å². The molecular formula is C15H19NO3. The molecule has 2 rings (SSSR count). The number of hydrogen-bond donors (Lipinski definition) is 1. The largest absolute Gasteiger partial charge is 0.489 e. The molecule has 0 radical (unpaired) electrons. The maximum atomic E-state index is 12.4. The van der Waals surface area contributed by atoms with Gasteiger partial charge in [-0.25, -0.2) is 0 Å². The van der Waals surface area contributed by atoms with Gasteiger partial charge in [0.15, 0.2) is 0 Å². The molecule has 1 fully saturated rings. The lowest BCUT2D eigenvalue weighted by Crippen LogP contribution is -2.29. The van der Waals surface area contributed by atoms with E-state index in [0.29, 0.717) is 31.0 Å². The van der Waals surface area contributed by atoms with E-state index in [-0.39, 0.29) is 18.4 Å². The Bertz CT molecular complexity index is 458. The van der Waals surface area contributed by atoms with Gasteiger partial charge in [0.25, 0.3) is 5.91 Å². The second-order valence-corrected chi connectivity index (χ2v) is 4.68. The number of hydrogen-bond acceptors (Lipinski definition) is 3. The number of aliphatic hydroxyl groups is 1. The smallest absolute Gasteiger partial charge is 0.257 e. The molecule has 1 N–H and O–H groups in total. The van der Waals surface area contributed by atoms with Crippen LogP contribution in [0, 0.1) is 5.92 Å². The molecule has 19 heavy (non-hydrogen) atoms. The van der Waals surface area contributed by atoms with Crippen LogP contribution in [0.3, 0.4) is 0 Å². The van der Waals surface area contributed by atoms with E-state index >= 15 is 0 Å². The van der Waals surface area contributed by atoms with Gasteiger partial charge in [-0.15, -0.1) is 0 Å². The molecule has 0 bridgehead atoms. The third kappa shape index (κ3) is 3.15. The summed E-state index contributed by atoms with van der Waals surface area (Å²) in [6.07, 6.45) is 2.51. The van der Waals surface area contributed by atoms with Crippen molar-refractivity contribution in [1.29, 1.82) is 0 Å². The minimum absolute atomic E-state index is 0.0318. The molecule has 1 aliphatic rings. The Hall–Kier alpha value is -1.81. The molecule has 0 saturated carbocycles. The van der Waals surface area contributed by atoms with Crippen molar-refractivity contribution in [1.82, 2.24) is 4.90 Å². The van der Waals surface area contributed by atoms with Crippen LogP contribution in [0.15, 0.2) is 36.9 Å². The highest BCUT2D eigenvalue weighted by Gasteiger charge is 2.27. The van der Waals surface area contributed by atoms with E-state index < -0.39 is 0 Å². The molecule has 0 spiro atoms. The van der Waals surface area contributed by atoms with Gasteiger partial charge in [-0.3, -0.25) is 4.79 Å². The number of para-hydroxylation sites is 1. The molecule has 1 amide bonds. The number of nitrogens with zero attached hydrogens (tertiary/aromatic N) is 1. The van der Waals surface area contributed by atoms with Crippen LogP contribution in [0.5, 0.6) is 5.75 Å². The number of carbonyl (C=O) groups is 1. The summed E-state index contributed by atoms with van der Waals surface area (Å²) in [5, 5.41) is 9.13. The number of carbonyl (C=O) groups excluding carboxylic acids is 1. The summed E-state index contributed by atoms with van der Waals surface area (Å²) >= 11 is 0. The van der Waals surface area contributed by atoms with Crippen molar-refractivity contribution in [3.8, 4) is 5.75 Å². The molecule has 1 aromatic carbocycles. The zero-order valence-corrected chi connectivity index (χ0v) is 10.9. The van der Waals surface area contributed by atoms with Crippen LogP contribution >= 0.6 is 0 Å². The predicted octanol–water partition coefficient (Wildman–Crippen LogP) is 1.71. The molecule has 1 heterocycles. The maximum Gasteiger partial charge on any atom is 0.257 e. The average molecular weight is 261 g/mol. The number of benzene rings is 1. The summed E-state index contributed by atoms with van der Waals surface area (Å²) in [6, 6.07) is 7.23. The molecule has 4 nitrogen and oxygen atoms in total. The lowest BCUT2D eigenvalue weighted by atomic mass is 10.1. The van der Waals surface area contributed by atoms with E-state index in [2.05, 4.69) is 6.58 Å². The van der Waals surface area contributed by atoms with E-state index in [0.717, 1.165) is 6.42 Å². The summed E-state index contributed by atoms with van der Waals surface area (Å²) < 4.78 is 5.51. The summed E-state index contributed by atoms with van der Waals surface area (Å²) in [4.78, 5) is 14.2. The summed E-state index contributed by atoms with van der Waals surface area (Å²) in [6.45, 7) is 5.43. The Morgan fingerprint density at radius 2 is 2.32 bits per heavy atom. The molecule has 1 saturated heterocycles. The molecule has 0 unspecified atom stereocenters. The highest BCUT2D eigenvalue weighted by molar-refractivity contribution is 5.97. The van der Waals surface area contributed by atoms with Crippen LogP contribution in [0.4, 0.5) is 0 Å². The molecule has 1 atom stereocenters. The van der Waals surface area contributed by atoms with Gasteiger partial charge in [-0.05, 0) is 18.6 Å². The first-order chi connectivity index (χ1) is 9.26. The summed E-state index contributed by atoms with van der Waals surface area (Å²) in [5.74, 6) is 0.751. The van der Waals surface area contributed by atoms with Crippen molar-refractivity contribution in [3.63, 3.8) is 0 Å². The normalized spacial score (nSPS) is 18.4. The number of aliphatic hydroxyl groups excluding tert-OH is 1. The number of amides is 1. The van der Waals surface area contributed by atoms with E-state index in [1.807, 2.05) is 12.1 Å². The van der Waals surface area contributed by atoms with Crippen molar-refractivity contribution < 1.29 is 14.6 Å². The van der Waals surface area contributed by atoms with Crippen molar-refractivity contribution in [3.05, 3.63) is 42.5 Å². The molecule has 1 aromatic rings. The first-order valence-corrected chi connectivity index (χ1v) is 6.49. The molecule has 4 heteroatoms. The van der Waals surface area contributed by atoms with Gasteiger partial charge in [0, 0.05) is 25.6 Å². The average Bonchev–Trinajstić information content (AvgIpc) is 2.93. The van der Waals surface area contributed by atoms with E-state index in [1.54, 1.807) is 23.1 Å². The maximum absolute atomic E-state index is 12.4. The van der Waals surface area contributed by atoms with Crippen molar-refractivity contribution in [2.45, 2.75) is 6.42 Å². The Morgan fingerprint density at radius 3 is 3.00 bits per heavy atom. The fourth-order valence-corrected chi connectivity index (χ4v) is 2.25. The summed E-state index contributed by atoms with van der Waals surface area (Å²) in [7, 11) is 0. The van der Waals surface area contributed by atoms with Gasteiger partial charge in [-0.1, -0.05) is 24.8 Å². The number of rotatable bonds is 5. The van der Waals surface area contributed by atoms with Crippen LogP contribution < -0.4 is 4.74 Å². The van der Waals surface area contributed by atoms with Crippen LogP contribution in [-0.2, 0) is 0 Å². The summed E-state index contributed by atoms with van der Waals surface area (Å²) in [5.41, 5.74) is 0.572. The molecule has 102 valence electrons. The highest BCUT2D eigenvalue weighted by atomic mass is 16.5. The molecule has 0 aliphatic carbocycles. The fraction of sp³-hybridized carbons (Fsp3) is 0.400. The van der Waals surface area contributed by atoms with Crippen LogP contribution in [0.1, 0.15) is 16.8 Å². The lowest BCUT2D eigenvalue weighted by molar-refractivity contribution is 0.0778. The highest BCUT2D eigenvalue weighted by Crippen LogP contribution is 2.23.